The lowest BCUT2D eigenvalue weighted by molar-refractivity contribution is -0.139. The van der Waals surface area contributed by atoms with Gasteiger partial charge in [0.25, 0.3) is 0 Å². The number of aromatic nitrogens is 1. The summed E-state index contributed by atoms with van der Waals surface area (Å²) < 4.78 is 15.5. The molecule has 0 aliphatic rings. The van der Waals surface area contributed by atoms with Crippen LogP contribution in [-0.2, 0) is 14.3 Å². The fourth-order valence-corrected chi connectivity index (χ4v) is 1.74. The second-order valence-corrected chi connectivity index (χ2v) is 4.76. The van der Waals surface area contributed by atoms with Crippen LogP contribution in [0.4, 0.5) is 0 Å². The van der Waals surface area contributed by atoms with Crippen molar-refractivity contribution in [3.63, 3.8) is 0 Å². The number of hydrogen-bond acceptors (Lipinski definition) is 5. The van der Waals surface area contributed by atoms with Crippen molar-refractivity contribution in [2.45, 2.75) is 19.3 Å². The molecule has 7 heteroatoms. The van der Waals surface area contributed by atoms with Gasteiger partial charge in [-0.25, -0.2) is 0 Å². The first-order valence-corrected chi connectivity index (χ1v) is 7.14. The van der Waals surface area contributed by atoms with Crippen molar-refractivity contribution in [3.8, 4) is 0 Å². The Kier molecular flexibility index (Phi) is 7.69. The van der Waals surface area contributed by atoms with Gasteiger partial charge in [-0.15, -0.1) is 0 Å². The smallest absolute Gasteiger partial charge is 0.314 e. The minimum atomic E-state index is -0.935. The van der Waals surface area contributed by atoms with E-state index in [1.807, 2.05) is 0 Å². The molecule has 0 saturated heterocycles. The highest BCUT2D eigenvalue weighted by Crippen LogP contribution is 2.20. The summed E-state index contributed by atoms with van der Waals surface area (Å²) >= 11 is 3.25. The number of hydrogen-bond donors (Lipinski definition) is 1. The molecule has 0 bridgehead atoms. The molecular weight excluding hydrogens is 318 g/mol. The standard InChI is InChI=1S/C12H18BrNO5/c1-9-8-11(19-14-9)10(12(15)16)2-4-17-6-7-18-5-3-13/h8,10H,2-7H2,1H3,(H,15,16). The number of ether oxygens (including phenoxy) is 2. The molecule has 0 fully saturated rings. The van der Waals surface area contributed by atoms with E-state index in [0.29, 0.717) is 44.3 Å². The first-order chi connectivity index (χ1) is 9.15. The van der Waals surface area contributed by atoms with Crippen molar-refractivity contribution in [1.82, 2.24) is 5.16 Å². The van der Waals surface area contributed by atoms with Crippen molar-refractivity contribution in [3.05, 3.63) is 17.5 Å². The van der Waals surface area contributed by atoms with E-state index >= 15 is 0 Å². The molecule has 1 aromatic rings. The minimum Gasteiger partial charge on any atom is -0.481 e. The average Bonchev–Trinajstić information content (AvgIpc) is 2.78. The summed E-state index contributed by atoms with van der Waals surface area (Å²) in [6.45, 7) is 3.69. The maximum Gasteiger partial charge on any atom is 0.314 e. The zero-order chi connectivity index (χ0) is 14.1. The molecule has 0 aromatic carbocycles. The highest BCUT2D eigenvalue weighted by atomic mass is 79.9. The second-order valence-electron chi connectivity index (χ2n) is 3.96. The molecule has 0 amide bonds. The highest BCUT2D eigenvalue weighted by Gasteiger charge is 2.23. The quantitative estimate of drug-likeness (QED) is 0.520. The van der Waals surface area contributed by atoms with E-state index in [9.17, 15) is 4.79 Å². The fraction of sp³-hybridized carbons (Fsp3) is 0.667. The van der Waals surface area contributed by atoms with Crippen LogP contribution < -0.4 is 0 Å². The Morgan fingerprint density at radius 1 is 1.42 bits per heavy atom. The minimum absolute atomic E-state index is 0.342. The lowest BCUT2D eigenvalue weighted by Crippen LogP contribution is -2.15. The van der Waals surface area contributed by atoms with Crippen molar-refractivity contribution in [2.75, 3.05) is 31.8 Å². The normalized spacial score (nSPS) is 12.5. The summed E-state index contributed by atoms with van der Waals surface area (Å²) in [6, 6.07) is 1.64. The SMILES string of the molecule is Cc1cc(C(CCOCCOCCBr)C(=O)O)on1. The highest BCUT2D eigenvalue weighted by molar-refractivity contribution is 9.09. The Hall–Kier alpha value is -0.920. The van der Waals surface area contributed by atoms with Gasteiger partial charge in [-0.2, -0.15) is 0 Å². The van der Waals surface area contributed by atoms with Crippen molar-refractivity contribution >= 4 is 21.9 Å². The number of carboxylic acid groups (broad SMARTS) is 1. The largest absolute Gasteiger partial charge is 0.481 e. The molecule has 0 radical (unpaired) electrons. The zero-order valence-electron chi connectivity index (χ0n) is 10.8. The van der Waals surface area contributed by atoms with Gasteiger partial charge < -0.3 is 19.1 Å². The number of aryl methyl sites for hydroxylation is 1. The first kappa shape index (κ1) is 16.1. The number of halogens is 1. The third-order valence-corrected chi connectivity index (χ3v) is 2.76. The summed E-state index contributed by atoms with van der Waals surface area (Å²) in [6.07, 6.45) is 0.350. The summed E-state index contributed by atoms with van der Waals surface area (Å²) in [5.74, 6) is -1.29. The first-order valence-electron chi connectivity index (χ1n) is 6.02. The van der Waals surface area contributed by atoms with Gasteiger partial charge in [-0.3, -0.25) is 4.79 Å². The molecule has 0 saturated carbocycles. The van der Waals surface area contributed by atoms with Crippen LogP contribution in [0.1, 0.15) is 23.8 Å². The van der Waals surface area contributed by atoms with Crippen LogP contribution in [0.5, 0.6) is 0 Å². The van der Waals surface area contributed by atoms with Crippen LogP contribution >= 0.6 is 15.9 Å². The molecular formula is C12H18BrNO5. The maximum atomic E-state index is 11.1. The van der Waals surface area contributed by atoms with Crippen LogP contribution in [0.15, 0.2) is 10.6 Å². The van der Waals surface area contributed by atoms with E-state index < -0.39 is 11.9 Å². The Labute approximate surface area is 120 Å². The third-order valence-electron chi connectivity index (χ3n) is 2.43. The Morgan fingerprint density at radius 2 is 2.11 bits per heavy atom. The lowest BCUT2D eigenvalue weighted by atomic mass is 10.0. The summed E-state index contributed by atoms with van der Waals surface area (Å²) in [5.41, 5.74) is 0.672. The molecule has 0 spiro atoms. The topological polar surface area (TPSA) is 81.8 Å². The van der Waals surface area contributed by atoms with E-state index in [4.69, 9.17) is 19.1 Å². The van der Waals surface area contributed by atoms with Crippen LogP contribution in [0.2, 0.25) is 0 Å². The van der Waals surface area contributed by atoms with Crippen molar-refractivity contribution in [1.29, 1.82) is 0 Å². The van der Waals surface area contributed by atoms with Crippen molar-refractivity contribution in [2.24, 2.45) is 0 Å². The molecule has 6 nitrogen and oxygen atoms in total. The van der Waals surface area contributed by atoms with Gasteiger partial charge in [0.15, 0.2) is 5.76 Å². The molecule has 0 aliphatic heterocycles. The molecule has 1 atom stereocenters. The van der Waals surface area contributed by atoms with Gasteiger partial charge in [-0.1, -0.05) is 21.1 Å². The molecule has 1 unspecified atom stereocenters. The monoisotopic (exact) mass is 335 g/mol. The Morgan fingerprint density at radius 3 is 2.63 bits per heavy atom. The number of carboxylic acids is 1. The fourth-order valence-electron chi connectivity index (χ4n) is 1.51. The molecule has 1 heterocycles. The number of carbonyl (C=O) groups is 1. The predicted octanol–water partition coefficient (Wildman–Crippen LogP) is 1.97. The summed E-state index contributed by atoms with van der Waals surface area (Å²) in [7, 11) is 0. The third kappa shape index (κ3) is 6.17. The molecule has 1 rings (SSSR count). The molecule has 0 aliphatic carbocycles. The number of aliphatic carboxylic acids is 1. The lowest BCUT2D eigenvalue weighted by Gasteiger charge is -2.09. The van der Waals surface area contributed by atoms with E-state index in [1.165, 1.54) is 0 Å². The van der Waals surface area contributed by atoms with Gasteiger partial charge in [-0.05, 0) is 13.3 Å². The molecule has 1 aromatic heterocycles. The maximum absolute atomic E-state index is 11.1. The summed E-state index contributed by atoms with van der Waals surface area (Å²) in [5, 5.41) is 13.6. The Balaban J connectivity index is 2.26. The van der Waals surface area contributed by atoms with Gasteiger partial charge in [0, 0.05) is 18.0 Å². The van der Waals surface area contributed by atoms with Crippen molar-refractivity contribution < 1.29 is 23.9 Å². The number of rotatable bonds is 10. The van der Waals surface area contributed by atoms with Gasteiger partial charge >= 0.3 is 5.97 Å². The van der Waals surface area contributed by atoms with Gasteiger partial charge in [0.1, 0.15) is 5.92 Å². The van der Waals surface area contributed by atoms with Gasteiger partial charge in [0.05, 0.1) is 25.5 Å². The van der Waals surface area contributed by atoms with E-state index in [1.54, 1.807) is 13.0 Å². The van der Waals surface area contributed by atoms with Crippen LogP contribution in [-0.4, -0.2) is 48.0 Å². The predicted molar refractivity (Wildman–Crippen MR) is 71.7 cm³/mol. The number of alkyl halides is 1. The van der Waals surface area contributed by atoms with Crippen LogP contribution in [0.3, 0.4) is 0 Å². The molecule has 108 valence electrons. The van der Waals surface area contributed by atoms with Crippen LogP contribution in [0, 0.1) is 6.92 Å². The van der Waals surface area contributed by atoms with Gasteiger partial charge in [0.2, 0.25) is 0 Å². The van der Waals surface area contributed by atoms with Crippen LogP contribution in [0.25, 0.3) is 0 Å². The average molecular weight is 336 g/mol. The zero-order valence-corrected chi connectivity index (χ0v) is 12.4. The summed E-state index contributed by atoms with van der Waals surface area (Å²) in [4.78, 5) is 11.1. The Bertz CT molecular complexity index is 382. The second kappa shape index (κ2) is 9.06. The van der Waals surface area contributed by atoms with E-state index in [0.717, 1.165) is 5.33 Å². The number of nitrogens with zero attached hydrogens (tertiary/aromatic N) is 1. The molecule has 19 heavy (non-hydrogen) atoms. The molecule has 1 N–H and O–H groups in total. The van der Waals surface area contributed by atoms with E-state index in [2.05, 4.69) is 21.1 Å². The van der Waals surface area contributed by atoms with E-state index in [-0.39, 0.29) is 0 Å².